The highest BCUT2D eigenvalue weighted by atomic mass is 32.2. The molecule has 1 aliphatic carbocycles. The molecular weight excluding hydrogens is 344 g/mol. The minimum Gasteiger partial charge on any atom is -0.325 e. The van der Waals surface area contributed by atoms with Gasteiger partial charge in [-0.2, -0.15) is 0 Å². The SMILES string of the molecule is CC(SC1CCCCC1)C(=O)Nc1cccc(S(=O)(=O)N(C)C)c1. The molecule has 1 atom stereocenters. The van der Waals surface area contributed by atoms with Crippen LogP contribution in [0.5, 0.6) is 0 Å². The van der Waals surface area contributed by atoms with E-state index in [1.807, 2.05) is 6.92 Å². The van der Waals surface area contributed by atoms with Gasteiger partial charge in [0.05, 0.1) is 10.1 Å². The lowest BCUT2D eigenvalue weighted by Gasteiger charge is -2.24. The Labute approximate surface area is 149 Å². The molecule has 0 spiro atoms. The monoisotopic (exact) mass is 370 g/mol. The van der Waals surface area contributed by atoms with Crippen molar-refractivity contribution in [2.75, 3.05) is 19.4 Å². The topological polar surface area (TPSA) is 66.5 Å². The number of carbonyl (C=O) groups excluding carboxylic acids is 1. The first-order chi connectivity index (χ1) is 11.3. The molecule has 1 unspecified atom stereocenters. The van der Waals surface area contributed by atoms with Gasteiger partial charge in [0.1, 0.15) is 0 Å². The third-order valence-electron chi connectivity index (χ3n) is 4.20. The molecule has 0 bridgehead atoms. The second-order valence-electron chi connectivity index (χ2n) is 6.34. The third-order valence-corrected chi connectivity index (χ3v) is 7.49. The fourth-order valence-corrected chi connectivity index (χ4v) is 5.05. The van der Waals surface area contributed by atoms with Crippen LogP contribution in [0.1, 0.15) is 39.0 Å². The molecule has 0 saturated heterocycles. The van der Waals surface area contributed by atoms with E-state index in [2.05, 4.69) is 5.32 Å². The van der Waals surface area contributed by atoms with Crippen LogP contribution in [0.2, 0.25) is 0 Å². The van der Waals surface area contributed by atoms with E-state index < -0.39 is 10.0 Å². The Hall–Kier alpha value is -1.05. The number of hydrogen-bond donors (Lipinski definition) is 1. The summed E-state index contributed by atoms with van der Waals surface area (Å²) < 4.78 is 25.5. The van der Waals surface area contributed by atoms with E-state index in [9.17, 15) is 13.2 Å². The number of carbonyl (C=O) groups is 1. The van der Waals surface area contributed by atoms with Gasteiger partial charge in [0, 0.05) is 25.0 Å². The van der Waals surface area contributed by atoms with Crippen molar-refractivity contribution in [3.05, 3.63) is 24.3 Å². The highest BCUT2D eigenvalue weighted by Gasteiger charge is 2.22. The van der Waals surface area contributed by atoms with Gasteiger partial charge in [-0.15, -0.1) is 11.8 Å². The molecule has 2 rings (SSSR count). The molecule has 1 amide bonds. The van der Waals surface area contributed by atoms with E-state index in [0.29, 0.717) is 10.9 Å². The van der Waals surface area contributed by atoms with E-state index in [4.69, 9.17) is 0 Å². The predicted molar refractivity (Wildman–Crippen MR) is 99.9 cm³/mol. The summed E-state index contributed by atoms with van der Waals surface area (Å²) in [6, 6.07) is 6.39. The molecule has 1 saturated carbocycles. The highest BCUT2D eigenvalue weighted by molar-refractivity contribution is 8.01. The number of nitrogens with zero attached hydrogens (tertiary/aromatic N) is 1. The zero-order valence-electron chi connectivity index (χ0n) is 14.5. The van der Waals surface area contributed by atoms with Crippen molar-refractivity contribution in [3.8, 4) is 0 Å². The van der Waals surface area contributed by atoms with Gasteiger partial charge in [0.15, 0.2) is 0 Å². The van der Waals surface area contributed by atoms with Crippen molar-refractivity contribution in [1.29, 1.82) is 0 Å². The second-order valence-corrected chi connectivity index (χ2v) is 10.1. The van der Waals surface area contributed by atoms with Crippen LogP contribution in [-0.2, 0) is 14.8 Å². The quantitative estimate of drug-likeness (QED) is 0.834. The van der Waals surface area contributed by atoms with Gasteiger partial charge < -0.3 is 5.32 Å². The van der Waals surface area contributed by atoms with Gasteiger partial charge in [0.2, 0.25) is 15.9 Å². The smallest absolute Gasteiger partial charge is 0.242 e. The zero-order valence-corrected chi connectivity index (χ0v) is 16.1. The lowest BCUT2D eigenvalue weighted by molar-refractivity contribution is -0.115. The molecule has 0 aliphatic heterocycles. The fraction of sp³-hybridized carbons (Fsp3) is 0.588. The molecule has 24 heavy (non-hydrogen) atoms. The van der Waals surface area contributed by atoms with Crippen LogP contribution in [0.15, 0.2) is 29.2 Å². The van der Waals surface area contributed by atoms with Crippen LogP contribution in [0, 0.1) is 0 Å². The van der Waals surface area contributed by atoms with Gasteiger partial charge in [-0.1, -0.05) is 25.3 Å². The molecule has 0 radical (unpaired) electrons. The molecule has 1 aromatic rings. The Morgan fingerprint density at radius 3 is 2.54 bits per heavy atom. The summed E-state index contributed by atoms with van der Waals surface area (Å²) in [6.07, 6.45) is 6.15. The lowest BCUT2D eigenvalue weighted by Crippen LogP contribution is -2.26. The summed E-state index contributed by atoms with van der Waals surface area (Å²) in [5.41, 5.74) is 0.513. The van der Waals surface area contributed by atoms with Gasteiger partial charge in [0.25, 0.3) is 0 Å². The lowest BCUT2D eigenvalue weighted by atomic mass is 10.0. The third kappa shape index (κ3) is 4.97. The molecule has 1 aliphatic rings. The van der Waals surface area contributed by atoms with Gasteiger partial charge in [-0.25, -0.2) is 12.7 Å². The van der Waals surface area contributed by atoms with Crippen molar-refractivity contribution < 1.29 is 13.2 Å². The van der Waals surface area contributed by atoms with Crippen LogP contribution in [0.3, 0.4) is 0 Å². The molecule has 0 aromatic heterocycles. The number of sulfonamides is 1. The summed E-state index contributed by atoms with van der Waals surface area (Å²) in [6.45, 7) is 1.91. The maximum Gasteiger partial charge on any atom is 0.242 e. The van der Waals surface area contributed by atoms with Crippen molar-refractivity contribution >= 4 is 33.4 Å². The van der Waals surface area contributed by atoms with Crippen LogP contribution < -0.4 is 5.32 Å². The van der Waals surface area contributed by atoms with E-state index in [1.54, 1.807) is 23.9 Å². The number of nitrogens with one attached hydrogen (secondary N) is 1. The average Bonchev–Trinajstić information content (AvgIpc) is 2.55. The zero-order chi connectivity index (χ0) is 17.7. The largest absolute Gasteiger partial charge is 0.325 e. The summed E-state index contributed by atoms with van der Waals surface area (Å²) in [4.78, 5) is 12.6. The summed E-state index contributed by atoms with van der Waals surface area (Å²) in [5.74, 6) is -0.0787. The Balaban J connectivity index is 2.01. The Morgan fingerprint density at radius 2 is 1.92 bits per heavy atom. The van der Waals surface area contributed by atoms with Crippen molar-refractivity contribution in [3.63, 3.8) is 0 Å². The average molecular weight is 371 g/mol. The van der Waals surface area contributed by atoms with Gasteiger partial charge >= 0.3 is 0 Å². The second kappa shape index (κ2) is 8.36. The van der Waals surface area contributed by atoms with Crippen LogP contribution >= 0.6 is 11.8 Å². The number of thioether (sulfide) groups is 1. The number of rotatable bonds is 6. The number of hydrogen-bond acceptors (Lipinski definition) is 4. The first-order valence-corrected chi connectivity index (χ1v) is 10.7. The van der Waals surface area contributed by atoms with Gasteiger partial charge in [-0.3, -0.25) is 4.79 Å². The van der Waals surface area contributed by atoms with E-state index in [0.717, 1.165) is 4.31 Å². The molecule has 1 aromatic carbocycles. The molecule has 1 N–H and O–H groups in total. The van der Waals surface area contributed by atoms with Crippen molar-refractivity contribution in [1.82, 2.24) is 4.31 Å². The van der Waals surface area contributed by atoms with Crippen molar-refractivity contribution in [2.45, 2.75) is 54.4 Å². The number of amides is 1. The Morgan fingerprint density at radius 1 is 1.25 bits per heavy atom. The minimum absolute atomic E-state index is 0.0787. The molecular formula is C17H26N2O3S2. The first-order valence-electron chi connectivity index (χ1n) is 8.29. The molecule has 1 fully saturated rings. The van der Waals surface area contributed by atoms with Crippen LogP contribution in [0.25, 0.3) is 0 Å². The maximum absolute atomic E-state index is 12.4. The number of anilines is 1. The predicted octanol–water partition coefficient (Wildman–Crippen LogP) is 3.33. The summed E-state index contributed by atoms with van der Waals surface area (Å²) in [5, 5.41) is 3.24. The first kappa shape index (κ1) is 19.3. The highest BCUT2D eigenvalue weighted by Crippen LogP contribution is 2.31. The molecule has 5 nitrogen and oxygen atoms in total. The Bertz CT molecular complexity index is 668. The van der Waals surface area contributed by atoms with E-state index in [1.165, 1.54) is 58.3 Å². The minimum atomic E-state index is -3.50. The summed E-state index contributed by atoms with van der Waals surface area (Å²) >= 11 is 1.72. The maximum atomic E-state index is 12.4. The van der Waals surface area contributed by atoms with Crippen molar-refractivity contribution in [2.24, 2.45) is 0 Å². The normalized spacial score (nSPS) is 17.7. The van der Waals surface area contributed by atoms with Crippen LogP contribution in [-0.4, -0.2) is 43.2 Å². The fourth-order valence-electron chi connectivity index (χ4n) is 2.74. The molecule has 7 heteroatoms. The summed E-state index contributed by atoms with van der Waals surface area (Å²) in [7, 11) is -0.522. The van der Waals surface area contributed by atoms with E-state index >= 15 is 0 Å². The van der Waals surface area contributed by atoms with Crippen LogP contribution in [0.4, 0.5) is 5.69 Å². The number of benzene rings is 1. The van der Waals surface area contributed by atoms with Gasteiger partial charge in [-0.05, 0) is 38.0 Å². The molecule has 134 valence electrons. The van der Waals surface area contributed by atoms with E-state index in [-0.39, 0.29) is 16.1 Å². The molecule has 0 heterocycles. The standard InChI is InChI=1S/C17H26N2O3S2/c1-13(23-15-9-5-4-6-10-15)17(20)18-14-8-7-11-16(12-14)24(21,22)19(2)3/h7-8,11-13,15H,4-6,9-10H2,1-3H3,(H,18,20). The Kier molecular flexibility index (Phi) is 6.71.